The van der Waals surface area contributed by atoms with Crippen molar-refractivity contribution < 1.29 is 4.79 Å². The molecule has 35 heavy (non-hydrogen) atoms. The second-order valence-electron chi connectivity index (χ2n) is 8.68. The average molecular weight is 465 g/mol. The number of benzene rings is 2. The van der Waals surface area contributed by atoms with Crippen LogP contribution in [0.1, 0.15) is 12.8 Å². The van der Waals surface area contributed by atoms with Crippen molar-refractivity contribution in [3.05, 3.63) is 79.3 Å². The van der Waals surface area contributed by atoms with E-state index in [1.807, 2.05) is 71.4 Å². The van der Waals surface area contributed by atoms with Crippen LogP contribution in [0.25, 0.3) is 28.1 Å². The average Bonchev–Trinajstić information content (AvgIpc) is 3.59. The molecule has 0 bridgehead atoms. The summed E-state index contributed by atoms with van der Waals surface area (Å²) in [6.07, 6.45) is 7.17. The zero-order valence-corrected chi connectivity index (χ0v) is 19.0. The number of nitrogens with one attached hydrogen (secondary N) is 2. The normalized spacial score (nSPS) is 15.9. The molecule has 9 nitrogen and oxygen atoms in total. The van der Waals surface area contributed by atoms with Gasteiger partial charge in [0.2, 0.25) is 5.91 Å². The molecule has 9 heteroatoms. The molecule has 0 saturated carbocycles. The first-order valence-electron chi connectivity index (χ1n) is 11.7. The lowest BCUT2D eigenvalue weighted by Gasteiger charge is -2.32. The summed E-state index contributed by atoms with van der Waals surface area (Å²) in [5.74, 6) is 2.18. The monoisotopic (exact) mass is 464 g/mol. The largest absolute Gasteiger partial charge is 0.354 e. The highest BCUT2D eigenvalue weighted by molar-refractivity contribution is 5.95. The van der Waals surface area contributed by atoms with Crippen LogP contribution < -0.4 is 10.2 Å². The molecular formula is C26H24N8O. The molecule has 2 aromatic carbocycles. The number of carbonyl (C=O) groups is 1. The van der Waals surface area contributed by atoms with Gasteiger partial charge in [0.15, 0.2) is 11.6 Å². The molecule has 3 aromatic heterocycles. The summed E-state index contributed by atoms with van der Waals surface area (Å²) < 4.78 is 1.93. The number of hydrogen-bond donors (Lipinski definition) is 2. The summed E-state index contributed by atoms with van der Waals surface area (Å²) in [6.45, 7) is 1.45. The minimum absolute atomic E-state index is 0.0177. The first-order chi connectivity index (χ1) is 17.2. The molecule has 1 unspecified atom stereocenters. The van der Waals surface area contributed by atoms with E-state index in [-0.39, 0.29) is 11.8 Å². The van der Waals surface area contributed by atoms with Crippen LogP contribution in [0.3, 0.4) is 0 Å². The Kier molecular flexibility index (Phi) is 5.42. The number of carbonyl (C=O) groups excluding carboxylic acids is 1. The van der Waals surface area contributed by atoms with Gasteiger partial charge in [-0.1, -0.05) is 30.3 Å². The van der Waals surface area contributed by atoms with Gasteiger partial charge in [0.25, 0.3) is 0 Å². The highest BCUT2D eigenvalue weighted by Gasteiger charge is 2.27. The van der Waals surface area contributed by atoms with Gasteiger partial charge in [-0.2, -0.15) is 5.10 Å². The van der Waals surface area contributed by atoms with Gasteiger partial charge < -0.3 is 10.2 Å². The molecule has 1 saturated heterocycles. The molecule has 2 N–H and O–H groups in total. The van der Waals surface area contributed by atoms with Crippen molar-refractivity contribution in [1.82, 2.24) is 29.9 Å². The Morgan fingerprint density at radius 1 is 1.03 bits per heavy atom. The van der Waals surface area contributed by atoms with E-state index < -0.39 is 0 Å². The predicted octanol–water partition coefficient (Wildman–Crippen LogP) is 4.06. The SMILES string of the molecule is O=C(Nc1ccc2cn[nH]c2c1)C1CCCN(c2ccc(-n3ccnc3-c3ccccc3)nn2)C1. The van der Waals surface area contributed by atoms with Gasteiger partial charge in [-0.05, 0) is 43.2 Å². The van der Waals surface area contributed by atoms with E-state index in [0.717, 1.165) is 53.2 Å². The molecule has 174 valence electrons. The van der Waals surface area contributed by atoms with Gasteiger partial charge >= 0.3 is 0 Å². The van der Waals surface area contributed by atoms with E-state index in [2.05, 4.69) is 35.6 Å². The second-order valence-corrected chi connectivity index (χ2v) is 8.68. The highest BCUT2D eigenvalue weighted by atomic mass is 16.1. The zero-order chi connectivity index (χ0) is 23.6. The quantitative estimate of drug-likeness (QED) is 0.406. The molecule has 4 heterocycles. The third kappa shape index (κ3) is 4.23. The van der Waals surface area contributed by atoms with Crippen molar-refractivity contribution in [1.29, 1.82) is 0 Å². The summed E-state index contributed by atoms with van der Waals surface area (Å²) in [5.41, 5.74) is 2.68. The van der Waals surface area contributed by atoms with Crippen LogP contribution in [0.5, 0.6) is 0 Å². The Morgan fingerprint density at radius 2 is 1.89 bits per heavy atom. The standard InChI is InChI=1S/C26H24N8O/c35-26(29-21-9-8-19-16-28-30-22(19)15-21)20-7-4-13-33(17-20)23-10-11-24(32-31-23)34-14-12-27-25(34)18-5-2-1-3-6-18/h1-3,5-6,8-12,14-16,20H,4,7,13,17H2,(H,28,30)(H,29,35). The fourth-order valence-electron chi connectivity index (χ4n) is 4.56. The maximum atomic E-state index is 13.0. The van der Waals surface area contributed by atoms with Crippen LogP contribution in [0, 0.1) is 5.92 Å². The smallest absolute Gasteiger partial charge is 0.229 e. The number of H-pyrrole nitrogens is 1. The maximum Gasteiger partial charge on any atom is 0.229 e. The van der Waals surface area contributed by atoms with Gasteiger partial charge in [-0.3, -0.25) is 14.5 Å². The molecule has 0 aliphatic carbocycles. The van der Waals surface area contributed by atoms with Crippen molar-refractivity contribution in [2.75, 3.05) is 23.3 Å². The van der Waals surface area contributed by atoms with Crippen molar-refractivity contribution >= 4 is 28.3 Å². The minimum atomic E-state index is -0.124. The first kappa shape index (κ1) is 21.0. The van der Waals surface area contributed by atoms with Crippen LogP contribution in [-0.2, 0) is 4.79 Å². The van der Waals surface area contributed by atoms with Crippen molar-refractivity contribution in [3.8, 4) is 17.2 Å². The Balaban J connectivity index is 1.15. The lowest BCUT2D eigenvalue weighted by Crippen LogP contribution is -2.41. The number of piperidine rings is 1. The Bertz CT molecular complexity index is 1460. The number of anilines is 2. The first-order valence-corrected chi connectivity index (χ1v) is 11.7. The number of rotatable bonds is 5. The third-order valence-electron chi connectivity index (χ3n) is 6.38. The molecule has 1 fully saturated rings. The van der Waals surface area contributed by atoms with E-state index >= 15 is 0 Å². The van der Waals surface area contributed by atoms with E-state index in [9.17, 15) is 4.79 Å². The van der Waals surface area contributed by atoms with Crippen LogP contribution in [0.4, 0.5) is 11.5 Å². The number of imidazole rings is 1. The van der Waals surface area contributed by atoms with Crippen LogP contribution in [0.2, 0.25) is 0 Å². The summed E-state index contributed by atoms with van der Waals surface area (Å²) in [5, 5.41) is 20.0. The van der Waals surface area contributed by atoms with Crippen LogP contribution in [0.15, 0.2) is 79.3 Å². The van der Waals surface area contributed by atoms with E-state index in [1.165, 1.54) is 0 Å². The molecule has 1 aliphatic heterocycles. The summed E-state index contributed by atoms with van der Waals surface area (Å²) in [6, 6.07) is 19.7. The Morgan fingerprint density at radius 3 is 2.74 bits per heavy atom. The van der Waals surface area contributed by atoms with Gasteiger partial charge in [-0.15, -0.1) is 10.2 Å². The summed E-state index contributed by atoms with van der Waals surface area (Å²) in [7, 11) is 0. The van der Waals surface area contributed by atoms with Gasteiger partial charge in [0, 0.05) is 42.1 Å². The molecule has 1 amide bonds. The molecule has 0 spiro atoms. The predicted molar refractivity (Wildman–Crippen MR) is 134 cm³/mol. The summed E-state index contributed by atoms with van der Waals surface area (Å²) >= 11 is 0. The summed E-state index contributed by atoms with van der Waals surface area (Å²) in [4.78, 5) is 19.6. The van der Waals surface area contributed by atoms with E-state index in [4.69, 9.17) is 0 Å². The topological polar surface area (TPSA) is 105 Å². The van der Waals surface area contributed by atoms with Crippen molar-refractivity contribution in [3.63, 3.8) is 0 Å². The zero-order valence-electron chi connectivity index (χ0n) is 19.0. The van der Waals surface area contributed by atoms with Gasteiger partial charge in [-0.25, -0.2) is 4.98 Å². The number of hydrogen-bond acceptors (Lipinski definition) is 6. The second kappa shape index (κ2) is 9.02. The van der Waals surface area contributed by atoms with Crippen LogP contribution in [-0.4, -0.2) is 48.9 Å². The number of amides is 1. The lowest BCUT2D eigenvalue weighted by molar-refractivity contribution is -0.120. The van der Waals surface area contributed by atoms with Crippen molar-refractivity contribution in [2.45, 2.75) is 12.8 Å². The molecule has 0 radical (unpaired) electrons. The highest BCUT2D eigenvalue weighted by Crippen LogP contribution is 2.25. The molecular weight excluding hydrogens is 440 g/mol. The minimum Gasteiger partial charge on any atom is -0.354 e. The molecule has 6 rings (SSSR count). The fraction of sp³-hybridized carbons (Fsp3) is 0.192. The van der Waals surface area contributed by atoms with Gasteiger partial charge in [0.1, 0.15) is 5.82 Å². The Hall–Kier alpha value is -4.53. The van der Waals surface area contributed by atoms with E-state index in [1.54, 1.807) is 12.4 Å². The lowest BCUT2D eigenvalue weighted by atomic mass is 9.97. The van der Waals surface area contributed by atoms with Crippen molar-refractivity contribution in [2.24, 2.45) is 5.92 Å². The van der Waals surface area contributed by atoms with E-state index in [0.29, 0.717) is 12.4 Å². The third-order valence-corrected chi connectivity index (χ3v) is 6.38. The number of nitrogens with zero attached hydrogens (tertiary/aromatic N) is 6. The Labute approximate surface area is 201 Å². The molecule has 1 atom stereocenters. The number of aromatic amines is 1. The molecule has 5 aromatic rings. The van der Waals surface area contributed by atoms with Crippen LogP contribution >= 0.6 is 0 Å². The molecule has 1 aliphatic rings. The number of aromatic nitrogens is 6. The maximum absolute atomic E-state index is 13.0. The van der Waals surface area contributed by atoms with Gasteiger partial charge in [0.05, 0.1) is 17.6 Å². The number of fused-ring (bicyclic) bond motifs is 1. The fourth-order valence-corrected chi connectivity index (χ4v) is 4.56.